The molecule has 2 unspecified atom stereocenters. The smallest absolute Gasteiger partial charge is 0.183 e. The first kappa shape index (κ1) is 13.5. The van der Waals surface area contributed by atoms with Crippen LogP contribution in [0.15, 0.2) is 12.7 Å². The molecule has 1 saturated heterocycles. The second kappa shape index (κ2) is 7.90. The van der Waals surface area contributed by atoms with E-state index in [-0.39, 0.29) is 13.2 Å². The fourth-order valence-electron chi connectivity index (χ4n) is 1.00. The summed E-state index contributed by atoms with van der Waals surface area (Å²) < 4.78 is 9.70. The highest BCUT2D eigenvalue weighted by atomic mass is 16.7. The van der Waals surface area contributed by atoms with Crippen LogP contribution in [0.1, 0.15) is 6.42 Å². The van der Waals surface area contributed by atoms with Crippen LogP contribution >= 0.6 is 0 Å². The van der Waals surface area contributed by atoms with E-state index >= 15 is 0 Å². The minimum absolute atomic E-state index is 0.0833. The lowest BCUT2D eigenvalue weighted by Crippen LogP contribution is -2.41. The molecule has 1 aliphatic rings. The Morgan fingerprint density at radius 1 is 1.57 bits per heavy atom. The standard InChI is InChI=1S/C6H12O4.C3H6O/c1-9-6-5(8)2-4(7)3-10-6;1-2-3-4/h4-8H,2-3H2,1H3;2,4H,1,3H2/t4?,5-,6?;/m1./s1. The molecule has 0 bridgehead atoms. The van der Waals surface area contributed by atoms with Crippen molar-refractivity contribution in [3.8, 4) is 0 Å². The highest BCUT2D eigenvalue weighted by molar-refractivity contribution is 4.71. The first-order chi connectivity index (χ1) is 6.65. The average molecular weight is 206 g/mol. The molecular formula is C9H18O5. The molecule has 0 amide bonds. The van der Waals surface area contributed by atoms with E-state index in [1.165, 1.54) is 13.2 Å². The Morgan fingerprint density at radius 2 is 2.14 bits per heavy atom. The zero-order valence-corrected chi connectivity index (χ0v) is 8.30. The van der Waals surface area contributed by atoms with Crippen molar-refractivity contribution in [3.05, 3.63) is 12.7 Å². The Labute approximate surface area is 83.6 Å². The van der Waals surface area contributed by atoms with Gasteiger partial charge in [0, 0.05) is 13.5 Å². The molecular weight excluding hydrogens is 188 g/mol. The zero-order chi connectivity index (χ0) is 11.0. The van der Waals surface area contributed by atoms with Crippen molar-refractivity contribution in [1.82, 2.24) is 0 Å². The summed E-state index contributed by atoms with van der Waals surface area (Å²) in [6.45, 7) is 3.56. The summed E-state index contributed by atoms with van der Waals surface area (Å²) in [4.78, 5) is 0. The van der Waals surface area contributed by atoms with Gasteiger partial charge >= 0.3 is 0 Å². The lowest BCUT2D eigenvalue weighted by atomic mass is 10.1. The van der Waals surface area contributed by atoms with Crippen LogP contribution in [-0.2, 0) is 9.47 Å². The fourth-order valence-corrected chi connectivity index (χ4v) is 1.00. The summed E-state index contributed by atoms with van der Waals surface area (Å²) in [5.41, 5.74) is 0. The quantitative estimate of drug-likeness (QED) is 0.519. The van der Waals surface area contributed by atoms with Gasteiger partial charge in [0.05, 0.1) is 19.3 Å². The summed E-state index contributed by atoms with van der Waals surface area (Å²) in [6.07, 6.45) is -0.0584. The summed E-state index contributed by atoms with van der Waals surface area (Å²) in [5, 5.41) is 25.8. The Balaban J connectivity index is 0.000000364. The molecule has 1 rings (SSSR count). The monoisotopic (exact) mass is 206 g/mol. The molecule has 0 spiro atoms. The number of rotatable bonds is 2. The predicted molar refractivity (Wildman–Crippen MR) is 50.7 cm³/mol. The topological polar surface area (TPSA) is 79.2 Å². The van der Waals surface area contributed by atoms with E-state index < -0.39 is 18.5 Å². The fraction of sp³-hybridized carbons (Fsp3) is 0.778. The van der Waals surface area contributed by atoms with Gasteiger partial charge in [-0.2, -0.15) is 0 Å². The van der Waals surface area contributed by atoms with Crippen LogP contribution in [0.25, 0.3) is 0 Å². The van der Waals surface area contributed by atoms with Gasteiger partial charge in [-0.3, -0.25) is 0 Å². The third-order valence-corrected chi connectivity index (χ3v) is 1.64. The van der Waals surface area contributed by atoms with Crippen molar-refractivity contribution in [2.75, 3.05) is 20.3 Å². The minimum atomic E-state index is -0.700. The lowest BCUT2D eigenvalue weighted by Gasteiger charge is -2.29. The normalized spacial score (nSPS) is 31.6. The van der Waals surface area contributed by atoms with Gasteiger partial charge in [-0.05, 0) is 0 Å². The number of ether oxygens (including phenoxy) is 2. The molecule has 3 atom stereocenters. The van der Waals surface area contributed by atoms with Crippen molar-refractivity contribution >= 4 is 0 Å². The molecule has 1 heterocycles. The van der Waals surface area contributed by atoms with E-state index in [1.807, 2.05) is 0 Å². The van der Waals surface area contributed by atoms with Gasteiger partial charge in [-0.25, -0.2) is 0 Å². The third kappa shape index (κ3) is 5.31. The van der Waals surface area contributed by atoms with Gasteiger partial charge in [0.2, 0.25) is 0 Å². The molecule has 0 saturated carbocycles. The molecule has 0 radical (unpaired) electrons. The van der Waals surface area contributed by atoms with Gasteiger partial charge in [0.15, 0.2) is 6.29 Å². The van der Waals surface area contributed by atoms with E-state index in [0.717, 1.165) is 0 Å². The van der Waals surface area contributed by atoms with Crippen LogP contribution in [0.4, 0.5) is 0 Å². The molecule has 5 nitrogen and oxygen atoms in total. The molecule has 0 aliphatic carbocycles. The van der Waals surface area contributed by atoms with Crippen molar-refractivity contribution in [1.29, 1.82) is 0 Å². The van der Waals surface area contributed by atoms with Crippen molar-refractivity contribution < 1.29 is 24.8 Å². The number of hydrogen-bond donors (Lipinski definition) is 3. The summed E-state index contributed by atoms with van der Waals surface area (Å²) >= 11 is 0. The molecule has 0 aromatic heterocycles. The molecule has 1 aliphatic heterocycles. The highest BCUT2D eigenvalue weighted by Crippen LogP contribution is 2.14. The number of hydrogen-bond acceptors (Lipinski definition) is 5. The van der Waals surface area contributed by atoms with Crippen molar-refractivity contribution in [3.63, 3.8) is 0 Å². The summed E-state index contributed by atoms with van der Waals surface area (Å²) in [7, 11) is 1.46. The highest BCUT2D eigenvalue weighted by Gasteiger charge is 2.28. The van der Waals surface area contributed by atoms with Crippen LogP contribution in [0.2, 0.25) is 0 Å². The Bertz CT molecular complexity index is 150. The molecule has 1 fully saturated rings. The van der Waals surface area contributed by atoms with Gasteiger partial charge in [-0.15, -0.1) is 6.58 Å². The van der Waals surface area contributed by atoms with Crippen molar-refractivity contribution in [2.45, 2.75) is 24.9 Å². The first-order valence-corrected chi connectivity index (χ1v) is 4.38. The predicted octanol–water partition coefficient (Wildman–Crippen LogP) is -0.734. The molecule has 84 valence electrons. The molecule has 0 aromatic carbocycles. The van der Waals surface area contributed by atoms with Gasteiger partial charge in [0.25, 0.3) is 0 Å². The minimum Gasteiger partial charge on any atom is -0.392 e. The van der Waals surface area contributed by atoms with E-state index in [2.05, 4.69) is 6.58 Å². The van der Waals surface area contributed by atoms with E-state index in [0.29, 0.717) is 6.42 Å². The number of aliphatic hydroxyl groups is 3. The average Bonchev–Trinajstić information content (AvgIpc) is 2.18. The van der Waals surface area contributed by atoms with E-state index in [4.69, 9.17) is 24.8 Å². The van der Waals surface area contributed by atoms with Crippen molar-refractivity contribution in [2.24, 2.45) is 0 Å². The summed E-state index contributed by atoms with van der Waals surface area (Å²) in [5.74, 6) is 0. The van der Waals surface area contributed by atoms with Gasteiger partial charge < -0.3 is 24.8 Å². The van der Waals surface area contributed by atoms with Gasteiger partial charge in [0.1, 0.15) is 6.10 Å². The number of aliphatic hydroxyl groups excluding tert-OH is 3. The van der Waals surface area contributed by atoms with Crippen LogP contribution < -0.4 is 0 Å². The summed E-state index contributed by atoms with van der Waals surface area (Å²) in [6, 6.07) is 0. The van der Waals surface area contributed by atoms with Crippen LogP contribution in [0.5, 0.6) is 0 Å². The Hall–Kier alpha value is -0.460. The maximum atomic E-state index is 9.13. The van der Waals surface area contributed by atoms with Crippen LogP contribution in [0, 0.1) is 0 Å². The van der Waals surface area contributed by atoms with Crippen LogP contribution in [-0.4, -0.2) is 54.1 Å². The SMILES string of the molecule is C=CCO.COC1OCC(O)C[C@H]1O. The molecule has 5 heteroatoms. The molecule has 3 N–H and O–H groups in total. The number of methoxy groups -OCH3 is 1. The zero-order valence-electron chi connectivity index (χ0n) is 8.30. The largest absolute Gasteiger partial charge is 0.392 e. The molecule has 14 heavy (non-hydrogen) atoms. The maximum Gasteiger partial charge on any atom is 0.183 e. The van der Waals surface area contributed by atoms with Crippen LogP contribution in [0.3, 0.4) is 0 Å². The third-order valence-electron chi connectivity index (χ3n) is 1.64. The van der Waals surface area contributed by atoms with E-state index in [9.17, 15) is 0 Å². The maximum absolute atomic E-state index is 9.13. The first-order valence-electron chi connectivity index (χ1n) is 4.38. The van der Waals surface area contributed by atoms with E-state index in [1.54, 1.807) is 0 Å². The Morgan fingerprint density at radius 3 is 2.50 bits per heavy atom. The lowest BCUT2D eigenvalue weighted by molar-refractivity contribution is -0.224. The second-order valence-electron chi connectivity index (χ2n) is 2.87. The Kier molecular flexibility index (Phi) is 7.64. The second-order valence-corrected chi connectivity index (χ2v) is 2.87. The molecule has 0 aromatic rings. The van der Waals surface area contributed by atoms with Gasteiger partial charge in [-0.1, -0.05) is 6.08 Å².